The van der Waals surface area contributed by atoms with E-state index in [2.05, 4.69) is 15.6 Å². The highest BCUT2D eigenvalue weighted by Gasteiger charge is 2.19. The van der Waals surface area contributed by atoms with Crippen LogP contribution in [0.3, 0.4) is 0 Å². The van der Waals surface area contributed by atoms with Gasteiger partial charge in [-0.2, -0.15) is 0 Å². The SMILES string of the molecule is O=C(NC1CCCNC1)c1csc(-c2ccc3c(c2)OCCO3)n1. The average molecular weight is 345 g/mol. The van der Waals surface area contributed by atoms with Crippen molar-refractivity contribution in [3.8, 4) is 22.1 Å². The Balaban J connectivity index is 1.48. The monoisotopic (exact) mass is 345 g/mol. The molecular formula is C17H19N3O3S. The van der Waals surface area contributed by atoms with Crippen LogP contribution in [0.15, 0.2) is 23.6 Å². The number of amides is 1. The van der Waals surface area contributed by atoms with Gasteiger partial charge in [0, 0.05) is 23.5 Å². The molecule has 0 aliphatic carbocycles. The van der Waals surface area contributed by atoms with Crippen LogP contribution in [0, 0.1) is 0 Å². The lowest BCUT2D eigenvalue weighted by Gasteiger charge is -2.23. The molecule has 1 unspecified atom stereocenters. The van der Waals surface area contributed by atoms with Crippen molar-refractivity contribution in [2.24, 2.45) is 0 Å². The number of piperidine rings is 1. The summed E-state index contributed by atoms with van der Waals surface area (Å²) in [4.78, 5) is 16.8. The Hall–Kier alpha value is -2.12. The molecule has 1 aromatic carbocycles. The van der Waals surface area contributed by atoms with E-state index in [0.29, 0.717) is 18.9 Å². The molecule has 0 bridgehead atoms. The van der Waals surface area contributed by atoms with Crippen molar-refractivity contribution >= 4 is 17.2 Å². The van der Waals surface area contributed by atoms with E-state index in [4.69, 9.17) is 9.47 Å². The lowest BCUT2D eigenvalue weighted by atomic mass is 10.1. The zero-order valence-corrected chi connectivity index (χ0v) is 14.0. The van der Waals surface area contributed by atoms with Gasteiger partial charge in [-0.05, 0) is 37.6 Å². The van der Waals surface area contributed by atoms with Crippen LogP contribution in [-0.4, -0.2) is 43.2 Å². The third kappa shape index (κ3) is 3.22. The first-order valence-electron chi connectivity index (χ1n) is 8.17. The molecule has 1 atom stereocenters. The summed E-state index contributed by atoms with van der Waals surface area (Å²) in [6, 6.07) is 5.93. The molecule has 0 radical (unpaired) electrons. The molecule has 3 heterocycles. The fourth-order valence-corrected chi connectivity index (χ4v) is 3.72. The normalized spacial score (nSPS) is 19.8. The number of benzene rings is 1. The van der Waals surface area contributed by atoms with E-state index in [-0.39, 0.29) is 11.9 Å². The van der Waals surface area contributed by atoms with Crippen LogP contribution in [0.5, 0.6) is 11.5 Å². The summed E-state index contributed by atoms with van der Waals surface area (Å²) < 4.78 is 11.1. The van der Waals surface area contributed by atoms with Gasteiger partial charge >= 0.3 is 0 Å². The van der Waals surface area contributed by atoms with Crippen molar-refractivity contribution in [1.82, 2.24) is 15.6 Å². The van der Waals surface area contributed by atoms with Crippen molar-refractivity contribution < 1.29 is 14.3 Å². The number of carbonyl (C=O) groups is 1. The number of nitrogens with zero attached hydrogens (tertiary/aromatic N) is 1. The van der Waals surface area contributed by atoms with Gasteiger partial charge in [0.15, 0.2) is 11.5 Å². The van der Waals surface area contributed by atoms with Gasteiger partial charge in [0.2, 0.25) is 0 Å². The lowest BCUT2D eigenvalue weighted by molar-refractivity contribution is 0.0926. The molecule has 7 heteroatoms. The average Bonchev–Trinajstić information content (AvgIpc) is 3.12. The summed E-state index contributed by atoms with van der Waals surface area (Å²) in [6.07, 6.45) is 2.10. The van der Waals surface area contributed by atoms with Crippen LogP contribution < -0.4 is 20.1 Å². The molecule has 0 spiro atoms. The fourth-order valence-electron chi connectivity index (χ4n) is 2.92. The third-order valence-electron chi connectivity index (χ3n) is 4.16. The Bertz CT molecular complexity index is 740. The Kier molecular flexibility index (Phi) is 4.36. The van der Waals surface area contributed by atoms with Crippen molar-refractivity contribution in [2.75, 3.05) is 26.3 Å². The van der Waals surface area contributed by atoms with Crippen LogP contribution in [0.25, 0.3) is 10.6 Å². The van der Waals surface area contributed by atoms with E-state index in [9.17, 15) is 4.79 Å². The van der Waals surface area contributed by atoms with E-state index in [1.807, 2.05) is 18.2 Å². The highest BCUT2D eigenvalue weighted by atomic mass is 32.1. The van der Waals surface area contributed by atoms with E-state index in [0.717, 1.165) is 48.0 Å². The summed E-state index contributed by atoms with van der Waals surface area (Å²) in [6.45, 7) is 2.98. The molecule has 6 nitrogen and oxygen atoms in total. The predicted octanol–water partition coefficient (Wildman–Crippen LogP) is 2.06. The number of hydrogen-bond donors (Lipinski definition) is 2. The maximum absolute atomic E-state index is 12.4. The Morgan fingerprint density at radius 2 is 2.17 bits per heavy atom. The zero-order chi connectivity index (χ0) is 16.4. The molecule has 1 saturated heterocycles. The first kappa shape index (κ1) is 15.4. The number of fused-ring (bicyclic) bond motifs is 1. The topological polar surface area (TPSA) is 72.5 Å². The molecule has 2 aliphatic rings. The van der Waals surface area contributed by atoms with Gasteiger partial charge in [0.25, 0.3) is 5.91 Å². The van der Waals surface area contributed by atoms with Crippen molar-refractivity contribution in [3.63, 3.8) is 0 Å². The van der Waals surface area contributed by atoms with Crippen LogP contribution >= 0.6 is 11.3 Å². The predicted molar refractivity (Wildman–Crippen MR) is 91.9 cm³/mol. The first-order chi connectivity index (χ1) is 11.8. The van der Waals surface area contributed by atoms with Gasteiger partial charge in [-0.25, -0.2) is 4.98 Å². The maximum atomic E-state index is 12.4. The van der Waals surface area contributed by atoms with Gasteiger partial charge in [-0.15, -0.1) is 11.3 Å². The summed E-state index contributed by atoms with van der Waals surface area (Å²) in [7, 11) is 0. The standard InChI is InChI=1S/C17H19N3O3S/c21-16(19-12-2-1-5-18-9-12)13-10-24-17(20-13)11-3-4-14-15(8-11)23-7-6-22-14/h3-4,8,10,12,18H,1-2,5-7,9H2,(H,19,21). The summed E-state index contributed by atoms with van der Waals surface area (Å²) in [5.41, 5.74) is 1.40. The third-order valence-corrected chi connectivity index (χ3v) is 5.05. The lowest BCUT2D eigenvalue weighted by Crippen LogP contribution is -2.45. The molecule has 2 aromatic rings. The minimum absolute atomic E-state index is 0.108. The van der Waals surface area contributed by atoms with Gasteiger partial charge in [0.1, 0.15) is 23.9 Å². The second-order valence-electron chi connectivity index (χ2n) is 5.91. The number of thiazole rings is 1. The van der Waals surface area contributed by atoms with Crippen LogP contribution in [0.4, 0.5) is 0 Å². The van der Waals surface area contributed by atoms with E-state index < -0.39 is 0 Å². The highest BCUT2D eigenvalue weighted by Crippen LogP contribution is 2.35. The van der Waals surface area contributed by atoms with Gasteiger partial charge in [-0.3, -0.25) is 4.79 Å². The Morgan fingerprint density at radius 3 is 3.00 bits per heavy atom. The molecule has 0 saturated carbocycles. The minimum atomic E-state index is -0.108. The fraction of sp³-hybridized carbons (Fsp3) is 0.412. The quantitative estimate of drug-likeness (QED) is 0.891. The van der Waals surface area contributed by atoms with Crippen LogP contribution in [-0.2, 0) is 0 Å². The van der Waals surface area contributed by atoms with Crippen molar-refractivity contribution in [2.45, 2.75) is 18.9 Å². The Labute approximate surface area is 144 Å². The molecule has 1 aromatic heterocycles. The number of ether oxygens (including phenoxy) is 2. The molecule has 2 aliphatic heterocycles. The largest absolute Gasteiger partial charge is 0.486 e. The Morgan fingerprint density at radius 1 is 1.29 bits per heavy atom. The number of hydrogen-bond acceptors (Lipinski definition) is 6. The molecule has 1 amide bonds. The van der Waals surface area contributed by atoms with Crippen LogP contribution in [0.1, 0.15) is 23.3 Å². The summed E-state index contributed by atoms with van der Waals surface area (Å²) in [5.74, 6) is 1.38. The molecular weight excluding hydrogens is 326 g/mol. The molecule has 126 valence electrons. The maximum Gasteiger partial charge on any atom is 0.271 e. The minimum Gasteiger partial charge on any atom is -0.486 e. The molecule has 2 N–H and O–H groups in total. The number of nitrogens with one attached hydrogen (secondary N) is 2. The number of carbonyl (C=O) groups excluding carboxylic acids is 1. The zero-order valence-electron chi connectivity index (χ0n) is 13.2. The number of rotatable bonds is 3. The molecule has 1 fully saturated rings. The number of aromatic nitrogens is 1. The smallest absolute Gasteiger partial charge is 0.271 e. The first-order valence-corrected chi connectivity index (χ1v) is 9.05. The van der Waals surface area contributed by atoms with E-state index in [1.54, 1.807) is 5.38 Å². The summed E-state index contributed by atoms with van der Waals surface area (Å²) >= 11 is 1.46. The van der Waals surface area contributed by atoms with Gasteiger partial charge < -0.3 is 20.1 Å². The van der Waals surface area contributed by atoms with E-state index in [1.165, 1.54) is 11.3 Å². The van der Waals surface area contributed by atoms with Crippen LogP contribution in [0.2, 0.25) is 0 Å². The summed E-state index contributed by atoms with van der Waals surface area (Å²) in [5, 5.41) is 8.95. The second-order valence-corrected chi connectivity index (χ2v) is 6.77. The molecule has 24 heavy (non-hydrogen) atoms. The highest BCUT2D eigenvalue weighted by molar-refractivity contribution is 7.13. The van der Waals surface area contributed by atoms with Gasteiger partial charge in [0.05, 0.1) is 0 Å². The van der Waals surface area contributed by atoms with Crippen molar-refractivity contribution in [3.05, 3.63) is 29.3 Å². The molecule has 4 rings (SSSR count). The van der Waals surface area contributed by atoms with Crippen molar-refractivity contribution in [1.29, 1.82) is 0 Å². The van der Waals surface area contributed by atoms with E-state index >= 15 is 0 Å². The second kappa shape index (κ2) is 6.78. The van der Waals surface area contributed by atoms with Gasteiger partial charge in [-0.1, -0.05) is 0 Å².